The maximum Gasteiger partial charge on any atom is 0.369 e. The highest BCUT2D eigenvalue weighted by molar-refractivity contribution is 9.09. The second-order valence-corrected chi connectivity index (χ2v) is 5.32. The molecule has 0 spiro atoms. The molecule has 0 aliphatic carbocycles. The molecule has 4 heteroatoms. The lowest BCUT2D eigenvalue weighted by Crippen LogP contribution is -2.40. The van der Waals surface area contributed by atoms with Crippen LogP contribution in [0.4, 0.5) is 0 Å². The van der Waals surface area contributed by atoms with E-state index in [1.807, 2.05) is 71.3 Å². The van der Waals surface area contributed by atoms with Gasteiger partial charge in [0.2, 0.25) is 17.8 Å². The van der Waals surface area contributed by atoms with E-state index in [0.717, 1.165) is 10.9 Å². The van der Waals surface area contributed by atoms with Gasteiger partial charge in [0.15, 0.2) is 0 Å². The van der Waals surface area contributed by atoms with Crippen molar-refractivity contribution in [1.29, 1.82) is 0 Å². The summed E-state index contributed by atoms with van der Waals surface area (Å²) in [5.74, 6) is 0.723. The lowest BCUT2D eigenvalue weighted by atomic mass is 10.1. The molecular weight excluding hydrogens is 342 g/mol. The molecule has 0 bridgehead atoms. The van der Waals surface area contributed by atoms with E-state index >= 15 is 0 Å². The predicted molar refractivity (Wildman–Crippen MR) is 89.3 cm³/mol. The second-order valence-electron chi connectivity index (χ2n) is 4.86. The van der Waals surface area contributed by atoms with Crippen LogP contribution in [0.25, 0.3) is 10.9 Å². The summed E-state index contributed by atoms with van der Waals surface area (Å²) in [5.41, 5.74) is 2.06. The van der Waals surface area contributed by atoms with Crippen molar-refractivity contribution in [2.24, 2.45) is 0 Å². The number of alkyl halides is 1. The van der Waals surface area contributed by atoms with Crippen LogP contribution >= 0.6 is 15.9 Å². The van der Waals surface area contributed by atoms with E-state index < -0.39 is 0 Å². The monoisotopic (exact) mass is 356 g/mol. The summed E-state index contributed by atoms with van der Waals surface area (Å²) in [7, 11) is 0. The van der Waals surface area contributed by atoms with Crippen LogP contribution in [-0.2, 0) is 6.54 Å². The summed E-state index contributed by atoms with van der Waals surface area (Å²) in [6.07, 6.45) is 0. The second kappa shape index (κ2) is 6.71. The van der Waals surface area contributed by atoms with E-state index in [0.29, 0.717) is 17.0 Å². The normalized spacial score (nSPS) is 10.6. The average molecular weight is 357 g/mol. The number of pyridine rings is 1. The van der Waals surface area contributed by atoms with Gasteiger partial charge in [0.25, 0.3) is 0 Å². The number of rotatable bonds is 5. The molecule has 1 aromatic heterocycles. The smallest absolute Gasteiger partial charge is 0.369 e. The topological polar surface area (TPSA) is 30.2 Å². The Morgan fingerprint density at radius 2 is 1.68 bits per heavy atom. The van der Waals surface area contributed by atoms with Crippen molar-refractivity contribution in [2.45, 2.75) is 6.54 Å². The van der Waals surface area contributed by atoms with Crippen LogP contribution < -0.4 is 9.30 Å². The first kappa shape index (κ1) is 14.7. The Labute approximate surface area is 137 Å². The standard InChI is InChI=1S/C18H15BrNO2/c19-13-22-18-11-10-14-6-4-5-9-16(14)20(18)12-17(21)15-7-2-1-3-8-15/h1-11H,12-13H2/q+1. The van der Waals surface area contributed by atoms with Crippen LogP contribution in [0, 0.1) is 0 Å². The van der Waals surface area contributed by atoms with Gasteiger partial charge in [0.05, 0.1) is 6.07 Å². The Morgan fingerprint density at radius 3 is 2.45 bits per heavy atom. The number of aromatic nitrogens is 1. The third-order valence-corrected chi connectivity index (χ3v) is 3.73. The predicted octanol–water partition coefficient (Wildman–Crippen LogP) is 3.74. The number of carbonyl (C=O) groups excluding carboxylic acids is 1. The quantitative estimate of drug-likeness (QED) is 0.396. The summed E-state index contributed by atoms with van der Waals surface area (Å²) >= 11 is 3.27. The Kier molecular flexibility index (Phi) is 4.49. The van der Waals surface area contributed by atoms with Crippen molar-refractivity contribution in [3.63, 3.8) is 0 Å². The van der Waals surface area contributed by atoms with Crippen molar-refractivity contribution in [2.75, 3.05) is 5.52 Å². The number of halogens is 1. The lowest BCUT2D eigenvalue weighted by molar-refractivity contribution is -0.662. The van der Waals surface area contributed by atoms with E-state index in [9.17, 15) is 4.79 Å². The zero-order chi connectivity index (χ0) is 15.4. The number of ketones is 1. The van der Waals surface area contributed by atoms with Gasteiger partial charge < -0.3 is 4.74 Å². The SMILES string of the molecule is O=C(C[n+]1c(OCBr)ccc2ccccc21)c1ccccc1. The van der Waals surface area contributed by atoms with E-state index in [1.165, 1.54) is 0 Å². The van der Waals surface area contributed by atoms with Gasteiger partial charge in [-0.3, -0.25) is 4.79 Å². The Hall–Kier alpha value is -2.20. The van der Waals surface area contributed by atoms with Crippen LogP contribution in [0.3, 0.4) is 0 Å². The molecule has 22 heavy (non-hydrogen) atoms. The molecule has 0 amide bonds. The molecule has 0 unspecified atom stereocenters. The van der Waals surface area contributed by atoms with Crippen molar-refractivity contribution in [1.82, 2.24) is 0 Å². The first-order valence-electron chi connectivity index (χ1n) is 6.98. The number of carbonyl (C=O) groups is 1. The van der Waals surface area contributed by atoms with Crippen molar-refractivity contribution < 1.29 is 14.1 Å². The fourth-order valence-corrected chi connectivity index (χ4v) is 2.68. The van der Waals surface area contributed by atoms with Crippen molar-refractivity contribution in [3.05, 3.63) is 72.3 Å². The van der Waals surface area contributed by atoms with Crippen molar-refractivity contribution >= 4 is 32.6 Å². The number of fused-ring (bicyclic) bond motifs is 1. The van der Waals surface area contributed by atoms with Crippen LogP contribution in [0.1, 0.15) is 10.4 Å². The number of benzene rings is 2. The number of nitrogens with zero attached hydrogens (tertiary/aromatic N) is 1. The summed E-state index contributed by atoms with van der Waals surface area (Å²) in [4.78, 5) is 12.5. The fourth-order valence-electron chi connectivity index (χ4n) is 2.45. The maximum absolute atomic E-state index is 12.5. The summed E-state index contributed by atoms with van der Waals surface area (Å²) in [6.45, 7) is 0.244. The highest BCUT2D eigenvalue weighted by atomic mass is 79.9. The van der Waals surface area contributed by atoms with E-state index in [4.69, 9.17) is 4.74 Å². The molecule has 0 radical (unpaired) electrons. The van der Waals surface area contributed by atoms with Gasteiger partial charge in [-0.1, -0.05) is 42.5 Å². The van der Waals surface area contributed by atoms with E-state index in [2.05, 4.69) is 15.9 Å². The molecule has 0 atom stereocenters. The number of para-hydroxylation sites is 1. The molecule has 0 aliphatic heterocycles. The molecule has 1 heterocycles. The minimum Gasteiger partial charge on any atom is -0.433 e. The van der Waals surface area contributed by atoms with Crippen LogP contribution in [0.5, 0.6) is 5.88 Å². The number of Topliss-reactive ketones (excluding diaryl/α,β-unsaturated/α-hetero) is 1. The van der Waals surface area contributed by atoms with Gasteiger partial charge in [-0.25, -0.2) is 0 Å². The third kappa shape index (κ3) is 3.02. The third-order valence-electron chi connectivity index (χ3n) is 3.50. The first-order chi connectivity index (χ1) is 10.8. The maximum atomic E-state index is 12.5. The Bertz CT molecular complexity index is 803. The highest BCUT2D eigenvalue weighted by Crippen LogP contribution is 2.15. The summed E-state index contributed by atoms with van der Waals surface area (Å²) < 4.78 is 7.52. The van der Waals surface area contributed by atoms with Crippen LogP contribution in [-0.4, -0.2) is 11.3 Å². The molecule has 3 aromatic rings. The molecule has 110 valence electrons. The number of hydrogen-bond donors (Lipinski definition) is 0. The lowest BCUT2D eigenvalue weighted by Gasteiger charge is -2.06. The van der Waals surface area contributed by atoms with Gasteiger partial charge >= 0.3 is 5.88 Å². The minimum absolute atomic E-state index is 0.0568. The van der Waals surface area contributed by atoms with Gasteiger partial charge in [-0.2, -0.15) is 4.57 Å². The summed E-state index contributed by atoms with van der Waals surface area (Å²) in [6, 6.07) is 21.2. The average Bonchev–Trinajstić information content (AvgIpc) is 2.58. The molecule has 0 fully saturated rings. The number of ether oxygens (including phenoxy) is 1. The largest absolute Gasteiger partial charge is 0.433 e. The zero-order valence-electron chi connectivity index (χ0n) is 11.9. The van der Waals surface area contributed by atoms with Gasteiger partial charge in [0.1, 0.15) is 5.52 Å². The zero-order valence-corrected chi connectivity index (χ0v) is 13.5. The van der Waals surface area contributed by atoms with Crippen molar-refractivity contribution in [3.8, 4) is 5.88 Å². The first-order valence-corrected chi connectivity index (χ1v) is 8.10. The molecule has 0 aliphatic rings. The van der Waals surface area contributed by atoms with Crippen LogP contribution in [0.15, 0.2) is 66.7 Å². The molecule has 0 saturated carbocycles. The Morgan fingerprint density at radius 1 is 0.955 bits per heavy atom. The van der Waals surface area contributed by atoms with Gasteiger partial charge in [-0.05, 0) is 28.1 Å². The minimum atomic E-state index is 0.0568. The van der Waals surface area contributed by atoms with E-state index in [-0.39, 0.29) is 12.3 Å². The van der Waals surface area contributed by atoms with Gasteiger partial charge in [0, 0.05) is 17.0 Å². The molecule has 0 saturated heterocycles. The number of hydrogen-bond acceptors (Lipinski definition) is 2. The molecule has 3 rings (SSSR count). The molecule has 2 aromatic carbocycles. The molecule has 3 nitrogen and oxygen atoms in total. The van der Waals surface area contributed by atoms with E-state index in [1.54, 1.807) is 0 Å². The van der Waals surface area contributed by atoms with Crippen LogP contribution in [0.2, 0.25) is 0 Å². The summed E-state index contributed by atoms with van der Waals surface area (Å²) in [5, 5.41) is 1.07. The molecular formula is C18H15BrNO2+. The van der Waals surface area contributed by atoms with Gasteiger partial charge in [-0.15, -0.1) is 0 Å². The fraction of sp³-hybridized carbons (Fsp3) is 0.111. The Balaban J connectivity index is 2.04. The highest BCUT2D eigenvalue weighted by Gasteiger charge is 2.21. The molecule has 0 N–H and O–H groups in total.